The van der Waals surface area contributed by atoms with Gasteiger partial charge >= 0.3 is 0 Å². The molecule has 0 spiro atoms. The van der Waals surface area contributed by atoms with E-state index in [1.54, 1.807) is 7.11 Å². The Hall–Kier alpha value is -1.71. The van der Waals surface area contributed by atoms with Gasteiger partial charge in [0.1, 0.15) is 5.75 Å². The van der Waals surface area contributed by atoms with E-state index in [1.807, 2.05) is 19.2 Å². The molecule has 0 bridgehead atoms. The molecule has 1 aromatic rings. The van der Waals surface area contributed by atoms with Crippen LogP contribution in [0, 0.1) is 5.92 Å². The Morgan fingerprint density at radius 2 is 2.23 bits per heavy atom. The normalized spacial score (nSPS) is 20.6. The van der Waals surface area contributed by atoms with E-state index in [0.29, 0.717) is 5.92 Å². The van der Waals surface area contributed by atoms with Gasteiger partial charge in [0.05, 0.1) is 7.11 Å². The molecule has 0 radical (unpaired) electrons. The van der Waals surface area contributed by atoms with Crippen LogP contribution in [0.5, 0.6) is 5.75 Å². The second-order valence-electron chi connectivity index (χ2n) is 6.26. The number of hydrogen-bond donors (Lipinski definition) is 1. The van der Waals surface area contributed by atoms with Gasteiger partial charge in [-0.05, 0) is 30.4 Å². The Kier molecular flexibility index (Phi) is 6.10. The molecule has 1 aliphatic rings. The number of aliphatic imine (C=N–C) groups is 1. The van der Waals surface area contributed by atoms with E-state index in [-0.39, 0.29) is 0 Å². The number of rotatable bonds is 4. The zero-order valence-electron chi connectivity index (χ0n) is 14.3. The predicted octanol–water partition coefficient (Wildman–Crippen LogP) is 3.11. The Balaban J connectivity index is 1.95. The molecular weight excluding hydrogens is 274 g/mol. The summed E-state index contributed by atoms with van der Waals surface area (Å²) in [4.78, 5) is 6.83. The first-order chi connectivity index (χ1) is 10.7. The minimum atomic E-state index is 0.370. The molecule has 2 atom stereocenters. The largest absolute Gasteiger partial charge is 0.496 e. The summed E-state index contributed by atoms with van der Waals surface area (Å²) < 4.78 is 5.46. The maximum absolute atomic E-state index is 5.46. The number of methoxy groups -OCH3 is 1. The fraction of sp³-hybridized carbons (Fsp3) is 0.611. The molecule has 0 aromatic heterocycles. The summed E-state index contributed by atoms with van der Waals surface area (Å²) in [5.74, 6) is 3.10. The van der Waals surface area contributed by atoms with Crippen LogP contribution in [0.25, 0.3) is 0 Å². The molecule has 4 heteroatoms. The SMILES string of the molecule is CN=C(NCC(C)c1ccccc1OC)N1CCCC(C)C1. The lowest BCUT2D eigenvalue weighted by atomic mass is 9.99. The summed E-state index contributed by atoms with van der Waals surface area (Å²) in [6.45, 7) is 7.60. The molecule has 1 heterocycles. The lowest BCUT2D eigenvalue weighted by Gasteiger charge is -2.34. The van der Waals surface area contributed by atoms with E-state index < -0.39 is 0 Å². The minimum Gasteiger partial charge on any atom is -0.496 e. The number of ether oxygens (including phenoxy) is 1. The number of likely N-dealkylation sites (tertiary alicyclic amines) is 1. The molecule has 2 rings (SSSR count). The first-order valence-corrected chi connectivity index (χ1v) is 8.24. The van der Waals surface area contributed by atoms with Crippen molar-refractivity contribution in [3.05, 3.63) is 29.8 Å². The lowest BCUT2D eigenvalue weighted by Crippen LogP contribution is -2.47. The van der Waals surface area contributed by atoms with Gasteiger partial charge in [0.2, 0.25) is 0 Å². The predicted molar refractivity (Wildman–Crippen MR) is 92.7 cm³/mol. The van der Waals surface area contributed by atoms with E-state index in [1.165, 1.54) is 18.4 Å². The number of hydrogen-bond acceptors (Lipinski definition) is 2. The van der Waals surface area contributed by atoms with Crippen LogP contribution < -0.4 is 10.1 Å². The summed E-state index contributed by atoms with van der Waals surface area (Å²) in [5.41, 5.74) is 1.24. The smallest absolute Gasteiger partial charge is 0.193 e. The molecule has 0 amide bonds. The van der Waals surface area contributed by atoms with Gasteiger partial charge in [-0.2, -0.15) is 0 Å². The molecule has 0 saturated carbocycles. The first kappa shape index (κ1) is 16.7. The fourth-order valence-electron chi connectivity index (χ4n) is 3.14. The average Bonchev–Trinajstić information content (AvgIpc) is 2.55. The van der Waals surface area contributed by atoms with Crippen LogP contribution in [-0.2, 0) is 0 Å². The monoisotopic (exact) mass is 303 g/mol. The standard InChI is InChI=1S/C18H29N3O/c1-14-8-7-11-21(13-14)18(19-3)20-12-15(2)16-9-5-6-10-17(16)22-4/h5-6,9-10,14-15H,7-8,11-13H2,1-4H3,(H,19,20). The van der Waals surface area contributed by atoms with Crippen molar-refractivity contribution in [2.24, 2.45) is 10.9 Å². The fourth-order valence-corrected chi connectivity index (χ4v) is 3.14. The van der Waals surface area contributed by atoms with Gasteiger partial charge in [-0.3, -0.25) is 4.99 Å². The van der Waals surface area contributed by atoms with Crippen LogP contribution in [0.2, 0.25) is 0 Å². The highest BCUT2D eigenvalue weighted by Crippen LogP contribution is 2.25. The highest BCUT2D eigenvalue weighted by molar-refractivity contribution is 5.80. The lowest BCUT2D eigenvalue weighted by molar-refractivity contribution is 0.265. The molecule has 1 aromatic carbocycles. The number of nitrogens with one attached hydrogen (secondary N) is 1. The van der Waals surface area contributed by atoms with Crippen molar-refractivity contribution in [3.63, 3.8) is 0 Å². The van der Waals surface area contributed by atoms with Gasteiger partial charge < -0.3 is 15.0 Å². The van der Waals surface area contributed by atoms with Gasteiger partial charge in [-0.1, -0.05) is 32.0 Å². The van der Waals surface area contributed by atoms with Crippen molar-refractivity contribution >= 4 is 5.96 Å². The van der Waals surface area contributed by atoms with Gasteiger partial charge in [-0.15, -0.1) is 0 Å². The third-order valence-corrected chi connectivity index (χ3v) is 4.40. The first-order valence-electron chi connectivity index (χ1n) is 8.24. The van der Waals surface area contributed by atoms with Gasteiger partial charge in [0.15, 0.2) is 5.96 Å². The number of guanidine groups is 1. The Labute approximate surface area is 134 Å². The van der Waals surface area contributed by atoms with Crippen molar-refractivity contribution in [3.8, 4) is 5.75 Å². The van der Waals surface area contributed by atoms with Gasteiger partial charge in [0, 0.05) is 32.6 Å². The zero-order chi connectivity index (χ0) is 15.9. The van der Waals surface area contributed by atoms with Crippen molar-refractivity contribution in [2.75, 3.05) is 33.8 Å². The molecule has 122 valence electrons. The molecule has 1 N–H and O–H groups in total. The van der Waals surface area contributed by atoms with Crippen molar-refractivity contribution in [1.82, 2.24) is 10.2 Å². The van der Waals surface area contributed by atoms with Crippen LogP contribution in [0.15, 0.2) is 29.3 Å². The molecular formula is C18H29N3O. The minimum absolute atomic E-state index is 0.370. The van der Waals surface area contributed by atoms with E-state index in [9.17, 15) is 0 Å². The number of piperidine rings is 1. The highest BCUT2D eigenvalue weighted by Gasteiger charge is 2.20. The van der Waals surface area contributed by atoms with E-state index >= 15 is 0 Å². The van der Waals surface area contributed by atoms with Crippen LogP contribution in [0.1, 0.15) is 38.2 Å². The van der Waals surface area contributed by atoms with Crippen LogP contribution >= 0.6 is 0 Å². The second kappa shape index (κ2) is 8.06. The van der Waals surface area contributed by atoms with Crippen LogP contribution in [0.4, 0.5) is 0 Å². The molecule has 2 unspecified atom stereocenters. The highest BCUT2D eigenvalue weighted by atomic mass is 16.5. The maximum atomic E-state index is 5.46. The Morgan fingerprint density at radius 3 is 2.91 bits per heavy atom. The second-order valence-corrected chi connectivity index (χ2v) is 6.26. The molecule has 1 aliphatic heterocycles. The van der Waals surface area contributed by atoms with Gasteiger partial charge in [-0.25, -0.2) is 0 Å². The quantitative estimate of drug-likeness (QED) is 0.686. The molecule has 4 nitrogen and oxygen atoms in total. The Morgan fingerprint density at radius 1 is 1.45 bits per heavy atom. The van der Waals surface area contributed by atoms with Crippen LogP contribution in [-0.4, -0.2) is 44.7 Å². The third kappa shape index (κ3) is 4.15. The van der Waals surface area contributed by atoms with Crippen LogP contribution in [0.3, 0.4) is 0 Å². The van der Waals surface area contributed by atoms with Crippen molar-refractivity contribution in [2.45, 2.75) is 32.6 Å². The summed E-state index contributed by atoms with van der Waals surface area (Å²) in [5, 5.41) is 3.53. The average molecular weight is 303 g/mol. The van der Waals surface area contributed by atoms with Crippen molar-refractivity contribution < 1.29 is 4.74 Å². The number of benzene rings is 1. The van der Waals surface area contributed by atoms with Crippen molar-refractivity contribution in [1.29, 1.82) is 0 Å². The van der Waals surface area contributed by atoms with Gasteiger partial charge in [0.25, 0.3) is 0 Å². The molecule has 1 fully saturated rings. The van der Waals surface area contributed by atoms with E-state index in [2.05, 4.69) is 41.2 Å². The molecule has 22 heavy (non-hydrogen) atoms. The van der Waals surface area contributed by atoms with E-state index in [4.69, 9.17) is 4.74 Å². The number of nitrogens with zero attached hydrogens (tertiary/aromatic N) is 2. The summed E-state index contributed by atoms with van der Waals surface area (Å²) in [7, 11) is 3.60. The number of para-hydroxylation sites is 1. The maximum Gasteiger partial charge on any atom is 0.193 e. The topological polar surface area (TPSA) is 36.9 Å². The summed E-state index contributed by atoms with van der Waals surface area (Å²) in [6, 6.07) is 8.23. The third-order valence-electron chi connectivity index (χ3n) is 4.40. The summed E-state index contributed by atoms with van der Waals surface area (Å²) >= 11 is 0. The Bertz CT molecular complexity index is 501. The van der Waals surface area contributed by atoms with E-state index in [0.717, 1.165) is 37.3 Å². The summed E-state index contributed by atoms with van der Waals surface area (Å²) in [6.07, 6.45) is 2.58. The zero-order valence-corrected chi connectivity index (χ0v) is 14.3. The molecule has 1 saturated heterocycles. The molecule has 0 aliphatic carbocycles.